The summed E-state index contributed by atoms with van der Waals surface area (Å²) in [5.41, 5.74) is 3.44. The zero-order valence-electron chi connectivity index (χ0n) is 26.2. The van der Waals surface area contributed by atoms with Gasteiger partial charge in [0.2, 0.25) is 0 Å². The number of hydrogen-bond acceptors (Lipinski definition) is 4. The maximum absolute atomic E-state index is 13.6. The number of benzene rings is 1. The fraction of sp³-hybridized carbons (Fsp3) is 0.353. The number of hydrogen-bond donors (Lipinski definition) is 3. The highest BCUT2D eigenvalue weighted by Crippen LogP contribution is 2.17. The summed E-state index contributed by atoms with van der Waals surface area (Å²) in [7, 11) is 0. The molecule has 1 atom stereocenters. The van der Waals surface area contributed by atoms with Crippen LogP contribution in [0.15, 0.2) is 84.6 Å². The maximum atomic E-state index is 13.6. The molecule has 0 aliphatic carbocycles. The molecule has 0 fully saturated rings. The largest absolute Gasteiger partial charge is 0.478 e. The predicted octanol–water partition coefficient (Wildman–Crippen LogP) is 6.59. The predicted molar refractivity (Wildman–Crippen MR) is 170 cm³/mol. The Balaban J connectivity index is 0.00000452. The van der Waals surface area contributed by atoms with Crippen molar-refractivity contribution >= 4 is 23.5 Å². The van der Waals surface area contributed by atoms with Crippen molar-refractivity contribution < 1.29 is 23.9 Å². The van der Waals surface area contributed by atoms with Gasteiger partial charge in [0, 0.05) is 30.1 Å². The lowest BCUT2D eigenvalue weighted by atomic mass is 9.99. The Morgan fingerprint density at radius 3 is 2.40 bits per heavy atom. The molecule has 0 spiro atoms. The van der Waals surface area contributed by atoms with Gasteiger partial charge < -0.3 is 15.7 Å². The molecule has 8 nitrogen and oxygen atoms in total. The third-order valence-electron chi connectivity index (χ3n) is 6.33. The van der Waals surface area contributed by atoms with Crippen LogP contribution in [0.3, 0.4) is 0 Å². The highest BCUT2D eigenvalue weighted by atomic mass is 19.1. The van der Waals surface area contributed by atoms with Crippen molar-refractivity contribution in [1.29, 1.82) is 0 Å². The number of aryl methyl sites for hydroxylation is 2. The summed E-state index contributed by atoms with van der Waals surface area (Å²) in [6, 6.07) is 5.88. The normalized spacial score (nSPS) is 12.3. The summed E-state index contributed by atoms with van der Waals surface area (Å²) in [6.45, 7) is 19.3. The molecule has 9 heteroatoms. The van der Waals surface area contributed by atoms with Crippen LogP contribution < -0.4 is 10.6 Å². The standard InChI is InChI=1S/C32H39FN4O4.C2H6/c1-7-8-11-22(3)28(12-9-10-21(2)17-30(38)39)36-32(41)29(37-25(6)15-16-35-37)19-24(5)31(40)34-20-26-13-14-27(33)23(4)18-26;1-2/h8,11,13-19,28H,3,5,7,9-10,12,20H2,1-2,4,6H3,(H,34,40)(H,36,41)(H,38,39);1-2H3/b11-8-,21-17+,29-19-;. The average molecular weight is 593 g/mol. The average Bonchev–Trinajstić information content (AvgIpc) is 3.40. The lowest BCUT2D eigenvalue weighted by Crippen LogP contribution is -2.38. The number of halogens is 1. The first-order chi connectivity index (χ1) is 20.4. The van der Waals surface area contributed by atoms with E-state index < -0.39 is 23.8 Å². The molecular formula is C34H45FN4O4. The number of amides is 2. The third kappa shape index (κ3) is 12.5. The van der Waals surface area contributed by atoms with Crippen molar-refractivity contribution in [2.24, 2.45) is 0 Å². The smallest absolute Gasteiger partial charge is 0.328 e. The number of carboxylic acids is 1. The Labute approximate surface area is 254 Å². The van der Waals surface area contributed by atoms with E-state index >= 15 is 0 Å². The molecule has 2 aromatic rings. The number of rotatable bonds is 15. The summed E-state index contributed by atoms with van der Waals surface area (Å²) in [5, 5.41) is 19.0. The molecule has 0 bridgehead atoms. The van der Waals surface area contributed by atoms with E-state index in [1.165, 1.54) is 22.9 Å². The second-order valence-corrected chi connectivity index (χ2v) is 9.84. The second kappa shape index (κ2) is 18.8. The van der Waals surface area contributed by atoms with E-state index in [0.29, 0.717) is 36.1 Å². The maximum Gasteiger partial charge on any atom is 0.328 e. The number of allylic oxidation sites excluding steroid dienone is 2. The van der Waals surface area contributed by atoms with Crippen molar-refractivity contribution in [2.45, 2.75) is 79.8 Å². The van der Waals surface area contributed by atoms with Gasteiger partial charge in [0.25, 0.3) is 11.8 Å². The van der Waals surface area contributed by atoms with Crippen molar-refractivity contribution in [3.63, 3.8) is 0 Å². The quantitative estimate of drug-likeness (QED) is 0.160. The van der Waals surface area contributed by atoms with Crippen LogP contribution in [0.25, 0.3) is 5.70 Å². The number of aromatic nitrogens is 2. The molecule has 0 saturated heterocycles. The zero-order chi connectivity index (χ0) is 32.5. The van der Waals surface area contributed by atoms with Gasteiger partial charge in [-0.3, -0.25) is 9.59 Å². The molecule has 2 rings (SSSR count). The van der Waals surface area contributed by atoms with Crippen LogP contribution in [0.5, 0.6) is 0 Å². The summed E-state index contributed by atoms with van der Waals surface area (Å²) >= 11 is 0. The lowest BCUT2D eigenvalue weighted by Gasteiger charge is -2.21. The molecule has 232 valence electrons. The molecule has 1 heterocycles. The van der Waals surface area contributed by atoms with Gasteiger partial charge in [-0.15, -0.1) is 0 Å². The minimum absolute atomic E-state index is 0.0413. The fourth-order valence-electron chi connectivity index (χ4n) is 4.02. The van der Waals surface area contributed by atoms with E-state index in [0.717, 1.165) is 17.6 Å². The molecule has 0 aliphatic rings. The summed E-state index contributed by atoms with van der Waals surface area (Å²) in [6.07, 6.45) is 10.4. The van der Waals surface area contributed by atoms with E-state index in [2.05, 4.69) is 28.9 Å². The molecule has 0 radical (unpaired) electrons. The van der Waals surface area contributed by atoms with Gasteiger partial charge in [0.15, 0.2) is 0 Å². The van der Waals surface area contributed by atoms with Crippen molar-refractivity contribution in [3.8, 4) is 0 Å². The summed E-state index contributed by atoms with van der Waals surface area (Å²) in [4.78, 5) is 37.4. The number of carbonyl (C=O) groups excluding carboxylic acids is 2. The number of carbonyl (C=O) groups is 3. The highest BCUT2D eigenvalue weighted by molar-refractivity contribution is 6.16. The monoisotopic (exact) mass is 592 g/mol. The summed E-state index contributed by atoms with van der Waals surface area (Å²) in [5.74, 6) is -2.29. The Hall–Kier alpha value is -4.53. The minimum atomic E-state index is -0.996. The molecule has 1 aromatic carbocycles. The van der Waals surface area contributed by atoms with Gasteiger partial charge >= 0.3 is 5.97 Å². The van der Waals surface area contributed by atoms with Crippen molar-refractivity contribution in [2.75, 3.05) is 0 Å². The molecule has 0 aliphatic heterocycles. The highest BCUT2D eigenvalue weighted by Gasteiger charge is 2.21. The van der Waals surface area contributed by atoms with Gasteiger partial charge in [-0.05, 0) is 81.4 Å². The Morgan fingerprint density at radius 2 is 1.81 bits per heavy atom. The Kier molecular flexibility index (Phi) is 16.0. The molecule has 0 saturated carbocycles. The molecule has 1 unspecified atom stereocenters. The third-order valence-corrected chi connectivity index (χ3v) is 6.33. The Morgan fingerprint density at radius 1 is 1.12 bits per heavy atom. The number of nitrogens with zero attached hydrogens (tertiary/aromatic N) is 2. The first kappa shape index (κ1) is 36.5. The van der Waals surface area contributed by atoms with Crippen LogP contribution in [0.1, 0.15) is 70.2 Å². The molecule has 43 heavy (non-hydrogen) atoms. The lowest BCUT2D eigenvalue weighted by molar-refractivity contribution is -0.131. The Bertz CT molecular complexity index is 1380. The first-order valence-corrected chi connectivity index (χ1v) is 14.4. The number of carboxylic acid groups (broad SMARTS) is 1. The fourth-order valence-corrected chi connectivity index (χ4v) is 4.02. The molecule has 2 amide bonds. The zero-order valence-corrected chi connectivity index (χ0v) is 26.2. The van der Waals surface area contributed by atoms with Gasteiger partial charge in [-0.2, -0.15) is 5.10 Å². The van der Waals surface area contributed by atoms with E-state index in [-0.39, 0.29) is 23.6 Å². The first-order valence-electron chi connectivity index (χ1n) is 14.4. The van der Waals surface area contributed by atoms with Crippen molar-refractivity contribution in [3.05, 3.63) is 107 Å². The SMILES string of the molecule is C=C(/C=C(/C(=O)NC(CCC/C(C)=C/C(=O)O)C(=C)/C=C\CC)n1nccc1C)C(=O)NCc1ccc(F)c(C)c1.CC. The van der Waals surface area contributed by atoms with E-state index in [1.807, 2.05) is 32.9 Å². The summed E-state index contributed by atoms with van der Waals surface area (Å²) < 4.78 is 15.0. The minimum Gasteiger partial charge on any atom is -0.478 e. The van der Waals surface area contributed by atoms with Crippen LogP contribution >= 0.6 is 0 Å². The van der Waals surface area contributed by atoms with Crippen LogP contribution in [0.4, 0.5) is 4.39 Å². The molecular weight excluding hydrogens is 547 g/mol. The number of nitrogens with one attached hydrogen (secondary N) is 2. The van der Waals surface area contributed by atoms with Gasteiger partial charge in [0.1, 0.15) is 11.5 Å². The molecule has 3 N–H and O–H groups in total. The molecule has 1 aromatic heterocycles. The van der Waals surface area contributed by atoms with Crippen molar-refractivity contribution in [1.82, 2.24) is 20.4 Å². The van der Waals surface area contributed by atoms with Gasteiger partial charge in [-0.25, -0.2) is 13.9 Å². The topological polar surface area (TPSA) is 113 Å². The van der Waals surface area contributed by atoms with Crippen LogP contribution in [-0.4, -0.2) is 38.7 Å². The number of aliphatic carboxylic acids is 1. The van der Waals surface area contributed by atoms with Crippen LogP contribution in [-0.2, 0) is 20.9 Å². The van der Waals surface area contributed by atoms with Gasteiger partial charge in [0.05, 0.1) is 6.04 Å². The van der Waals surface area contributed by atoms with Gasteiger partial charge in [-0.1, -0.05) is 63.8 Å². The van der Waals surface area contributed by atoms with Crippen LogP contribution in [0, 0.1) is 19.7 Å². The van der Waals surface area contributed by atoms with E-state index in [9.17, 15) is 18.8 Å². The van der Waals surface area contributed by atoms with E-state index in [1.54, 1.807) is 45.2 Å². The van der Waals surface area contributed by atoms with Crippen LogP contribution in [0.2, 0.25) is 0 Å². The van der Waals surface area contributed by atoms with E-state index in [4.69, 9.17) is 5.11 Å². The second-order valence-electron chi connectivity index (χ2n) is 9.84.